The van der Waals surface area contributed by atoms with Gasteiger partial charge in [0.05, 0.1) is 18.3 Å². The topological polar surface area (TPSA) is 103 Å². The molecule has 0 saturated heterocycles. The Morgan fingerprint density at radius 2 is 1.45 bits per heavy atom. The highest BCUT2D eigenvalue weighted by Gasteiger charge is 2.10. The number of hydrazine groups is 1. The molecule has 8 nitrogen and oxygen atoms in total. The number of hydrogen-bond acceptors (Lipinski definition) is 6. The van der Waals surface area contributed by atoms with Crippen LogP contribution in [0.1, 0.15) is 41.5 Å². The van der Waals surface area contributed by atoms with E-state index in [1.54, 1.807) is 55.5 Å². The van der Waals surface area contributed by atoms with Gasteiger partial charge in [-0.25, -0.2) is 4.79 Å². The van der Waals surface area contributed by atoms with Crippen molar-refractivity contribution >= 4 is 17.8 Å². The molecule has 0 unspecified atom stereocenters. The van der Waals surface area contributed by atoms with Gasteiger partial charge in [0, 0.05) is 5.56 Å². The summed E-state index contributed by atoms with van der Waals surface area (Å²) in [6.45, 7) is 5.53. The molecule has 0 bridgehead atoms. The van der Waals surface area contributed by atoms with Crippen LogP contribution in [0.25, 0.3) is 0 Å². The van der Waals surface area contributed by atoms with E-state index < -0.39 is 17.8 Å². The lowest BCUT2D eigenvalue weighted by Crippen LogP contribution is -2.43. The third-order valence-corrected chi connectivity index (χ3v) is 3.54. The molecule has 154 valence electrons. The first-order chi connectivity index (χ1) is 13.9. The van der Waals surface area contributed by atoms with Crippen LogP contribution in [0.5, 0.6) is 11.5 Å². The molecule has 0 aliphatic rings. The summed E-state index contributed by atoms with van der Waals surface area (Å²) >= 11 is 0. The molecule has 29 heavy (non-hydrogen) atoms. The van der Waals surface area contributed by atoms with Gasteiger partial charge in [-0.2, -0.15) is 0 Å². The molecule has 2 rings (SSSR count). The summed E-state index contributed by atoms with van der Waals surface area (Å²) in [6.07, 6.45) is 0.0373. The number of hydrogen-bond donors (Lipinski definition) is 2. The molecule has 0 heterocycles. The molecule has 0 aliphatic heterocycles. The van der Waals surface area contributed by atoms with Crippen molar-refractivity contribution in [3.63, 3.8) is 0 Å². The Balaban J connectivity index is 1.76. The zero-order valence-corrected chi connectivity index (χ0v) is 16.6. The Bertz CT molecular complexity index is 831. The molecule has 2 amide bonds. The van der Waals surface area contributed by atoms with Crippen LogP contribution in [0.4, 0.5) is 0 Å². The lowest BCUT2D eigenvalue weighted by atomic mass is 10.2. The number of nitrogens with one attached hydrogen (secondary N) is 2. The van der Waals surface area contributed by atoms with Gasteiger partial charge in [0.2, 0.25) is 0 Å². The molecule has 0 aromatic heterocycles. The Labute approximate surface area is 169 Å². The van der Waals surface area contributed by atoms with E-state index in [2.05, 4.69) is 10.9 Å². The SMILES string of the molecule is CCOC(=O)c1ccc(OCC(=O)NNC(=O)c2ccc(OC(C)C)cc2)cc1. The normalized spacial score (nSPS) is 10.2. The molecule has 2 aromatic rings. The largest absolute Gasteiger partial charge is 0.491 e. The van der Waals surface area contributed by atoms with E-state index in [-0.39, 0.29) is 12.7 Å². The zero-order valence-electron chi connectivity index (χ0n) is 16.6. The van der Waals surface area contributed by atoms with Crippen LogP contribution in [0.15, 0.2) is 48.5 Å². The number of ether oxygens (including phenoxy) is 3. The lowest BCUT2D eigenvalue weighted by molar-refractivity contribution is -0.123. The minimum Gasteiger partial charge on any atom is -0.491 e. The van der Waals surface area contributed by atoms with Crippen LogP contribution >= 0.6 is 0 Å². The molecule has 2 aromatic carbocycles. The second-order valence-electron chi connectivity index (χ2n) is 6.23. The summed E-state index contributed by atoms with van der Waals surface area (Å²) in [5, 5.41) is 0. The standard InChI is InChI=1S/C21H24N2O6/c1-4-27-21(26)16-7-9-17(10-8-16)28-13-19(24)22-23-20(25)15-5-11-18(12-6-15)29-14(2)3/h5-12,14H,4,13H2,1-3H3,(H,22,24)(H,23,25). The number of rotatable bonds is 8. The summed E-state index contributed by atoms with van der Waals surface area (Å²) in [4.78, 5) is 35.5. The van der Waals surface area contributed by atoms with Gasteiger partial charge in [-0.15, -0.1) is 0 Å². The monoisotopic (exact) mass is 400 g/mol. The van der Waals surface area contributed by atoms with E-state index in [0.717, 1.165) is 0 Å². The van der Waals surface area contributed by atoms with Gasteiger partial charge in [0.25, 0.3) is 11.8 Å². The average molecular weight is 400 g/mol. The van der Waals surface area contributed by atoms with E-state index >= 15 is 0 Å². The minimum atomic E-state index is -0.535. The Kier molecular flexibility index (Phi) is 8.02. The van der Waals surface area contributed by atoms with Crippen LogP contribution in [0.3, 0.4) is 0 Å². The lowest BCUT2D eigenvalue weighted by Gasteiger charge is -2.11. The number of amides is 2. The summed E-state index contributed by atoms with van der Waals surface area (Å²) in [5.74, 6) is -0.368. The Morgan fingerprint density at radius 3 is 2.03 bits per heavy atom. The molecule has 0 fully saturated rings. The van der Waals surface area contributed by atoms with E-state index in [1.807, 2.05) is 13.8 Å². The molecule has 0 radical (unpaired) electrons. The van der Waals surface area contributed by atoms with Crippen LogP contribution in [-0.2, 0) is 9.53 Å². The van der Waals surface area contributed by atoms with Crippen LogP contribution in [0, 0.1) is 0 Å². The van der Waals surface area contributed by atoms with Crippen molar-refractivity contribution in [2.45, 2.75) is 26.9 Å². The van der Waals surface area contributed by atoms with Gasteiger partial charge in [-0.3, -0.25) is 20.4 Å². The number of carbonyl (C=O) groups is 3. The first-order valence-corrected chi connectivity index (χ1v) is 9.15. The van der Waals surface area contributed by atoms with Crippen molar-refractivity contribution < 1.29 is 28.6 Å². The molecule has 0 aliphatic carbocycles. The summed E-state index contributed by atoms with van der Waals surface area (Å²) in [7, 11) is 0. The van der Waals surface area contributed by atoms with E-state index in [9.17, 15) is 14.4 Å². The highest BCUT2D eigenvalue weighted by Crippen LogP contribution is 2.14. The van der Waals surface area contributed by atoms with Gasteiger partial charge >= 0.3 is 5.97 Å². The smallest absolute Gasteiger partial charge is 0.338 e. The van der Waals surface area contributed by atoms with Crippen molar-refractivity contribution in [1.82, 2.24) is 10.9 Å². The van der Waals surface area contributed by atoms with Crippen molar-refractivity contribution in [2.75, 3.05) is 13.2 Å². The van der Waals surface area contributed by atoms with Gasteiger partial charge in [-0.05, 0) is 69.3 Å². The first-order valence-electron chi connectivity index (χ1n) is 9.15. The summed E-state index contributed by atoms with van der Waals surface area (Å²) in [5.41, 5.74) is 5.35. The highest BCUT2D eigenvalue weighted by molar-refractivity contribution is 5.95. The maximum absolute atomic E-state index is 12.1. The molecular weight excluding hydrogens is 376 g/mol. The van der Waals surface area contributed by atoms with Crippen molar-refractivity contribution in [1.29, 1.82) is 0 Å². The first kappa shape index (κ1) is 21.7. The number of esters is 1. The summed E-state index contributed by atoms with van der Waals surface area (Å²) < 4.78 is 15.7. The third kappa shape index (κ3) is 7.17. The third-order valence-electron chi connectivity index (χ3n) is 3.54. The fraction of sp³-hybridized carbons (Fsp3) is 0.286. The predicted molar refractivity (Wildman–Crippen MR) is 106 cm³/mol. The molecule has 0 spiro atoms. The van der Waals surface area contributed by atoms with E-state index in [4.69, 9.17) is 14.2 Å². The van der Waals surface area contributed by atoms with E-state index in [0.29, 0.717) is 29.2 Å². The van der Waals surface area contributed by atoms with Gasteiger partial charge in [0.15, 0.2) is 6.61 Å². The van der Waals surface area contributed by atoms with Crippen LogP contribution in [-0.4, -0.2) is 37.1 Å². The van der Waals surface area contributed by atoms with Crippen molar-refractivity contribution in [3.05, 3.63) is 59.7 Å². The fourth-order valence-corrected chi connectivity index (χ4v) is 2.24. The molecule has 0 atom stereocenters. The molecule has 0 saturated carbocycles. The van der Waals surface area contributed by atoms with Crippen molar-refractivity contribution in [2.24, 2.45) is 0 Å². The number of carbonyl (C=O) groups excluding carboxylic acids is 3. The zero-order chi connectivity index (χ0) is 21.2. The van der Waals surface area contributed by atoms with E-state index in [1.165, 1.54) is 0 Å². The minimum absolute atomic E-state index is 0.0373. The van der Waals surface area contributed by atoms with Gasteiger partial charge < -0.3 is 14.2 Å². The maximum atomic E-state index is 12.1. The van der Waals surface area contributed by atoms with Crippen LogP contribution < -0.4 is 20.3 Å². The average Bonchev–Trinajstić information content (AvgIpc) is 2.71. The van der Waals surface area contributed by atoms with Gasteiger partial charge in [0.1, 0.15) is 11.5 Å². The maximum Gasteiger partial charge on any atom is 0.338 e. The highest BCUT2D eigenvalue weighted by atomic mass is 16.5. The fourth-order valence-electron chi connectivity index (χ4n) is 2.24. The quantitative estimate of drug-likeness (QED) is 0.521. The van der Waals surface area contributed by atoms with Crippen molar-refractivity contribution in [3.8, 4) is 11.5 Å². The summed E-state index contributed by atoms with van der Waals surface area (Å²) in [6, 6.07) is 12.7. The van der Waals surface area contributed by atoms with Crippen LogP contribution in [0.2, 0.25) is 0 Å². The molecule has 2 N–H and O–H groups in total. The second-order valence-corrected chi connectivity index (χ2v) is 6.23. The number of benzene rings is 2. The van der Waals surface area contributed by atoms with Gasteiger partial charge in [-0.1, -0.05) is 0 Å². The molecule has 8 heteroatoms. The Morgan fingerprint density at radius 1 is 0.862 bits per heavy atom. The predicted octanol–water partition coefficient (Wildman–Crippen LogP) is 2.49. The Hall–Kier alpha value is -3.55. The second kappa shape index (κ2) is 10.7. The molecular formula is C21H24N2O6.